The van der Waals surface area contributed by atoms with Crippen molar-refractivity contribution in [1.29, 1.82) is 0 Å². The lowest BCUT2D eigenvalue weighted by Crippen LogP contribution is -2.36. The van der Waals surface area contributed by atoms with Crippen molar-refractivity contribution < 1.29 is 18.4 Å². The molecule has 0 aliphatic heterocycles. The van der Waals surface area contributed by atoms with Crippen LogP contribution in [0.3, 0.4) is 0 Å². The number of hydrogen-bond donors (Lipinski definition) is 2. The SMILES string of the molecule is Cc1ccccc1C(=O)N/C(=C\c1ccco1)C(=O)NC(C)c1ccc(F)cc1. The molecule has 2 amide bonds. The number of halogens is 1. The van der Waals surface area contributed by atoms with E-state index in [9.17, 15) is 14.0 Å². The van der Waals surface area contributed by atoms with Crippen molar-refractivity contribution in [2.45, 2.75) is 19.9 Å². The number of amides is 2. The highest BCUT2D eigenvalue weighted by Crippen LogP contribution is 2.15. The Bertz CT molecular complexity index is 1020. The summed E-state index contributed by atoms with van der Waals surface area (Å²) in [5.74, 6) is -0.809. The van der Waals surface area contributed by atoms with Crippen LogP contribution in [0.4, 0.5) is 4.39 Å². The minimum absolute atomic E-state index is 0.0437. The highest BCUT2D eigenvalue weighted by atomic mass is 19.1. The maximum absolute atomic E-state index is 13.1. The van der Waals surface area contributed by atoms with E-state index >= 15 is 0 Å². The summed E-state index contributed by atoms with van der Waals surface area (Å²) in [6.45, 7) is 3.60. The molecule has 3 rings (SSSR count). The van der Waals surface area contributed by atoms with Crippen molar-refractivity contribution in [3.63, 3.8) is 0 Å². The Kier molecular flexibility index (Phi) is 6.24. The normalized spacial score (nSPS) is 12.3. The largest absolute Gasteiger partial charge is 0.465 e. The molecule has 5 nitrogen and oxygen atoms in total. The minimum Gasteiger partial charge on any atom is -0.465 e. The van der Waals surface area contributed by atoms with Crippen molar-refractivity contribution in [2.24, 2.45) is 0 Å². The fourth-order valence-electron chi connectivity index (χ4n) is 2.80. The van der Waals surface area contributed by atoms with Gasteiger partial charge in [-0.25, -0.2) is 4.39 Å². The van der Waals surface area contributed by atoms with Crippen LogP contribution in [0.25, 0.3) is 6.08 Å². The average Bonchev–Trinajstić information content (AvgIpc) is 3.21. The molecule has 148 valence electrons. The topological polar surface area (TPSA) is 71.3 Å². The van der Waals surface area contributed by atoms with E-state index in [0.29, 0.717) is 11.3 Å². The molecule has 0 saturated carbocycles. The van der Waals surface area contributed by atoms with Crippen LogP contribution in [0.1, 0.15) is 40.2 Å². The maximum Gasteiger partial charge on any atom is 0.268 e. The van der Waals surface area contributed by atoms with Crippen LogP contribution in [-0.4, -0.2) is 11.8 Å². The Morgan fingerprint density at radius 3 is 2.41 bits per heavy atom. The zero-order valence-corrected chi connectivity index (χ0v) is 16.1. The van der Waals surface area contributed by atoms with E-state index in [0.717, 1.165) is 11.1 Å². The third-order valence-electron chi connectivity index (χ3n) is 4.43. The van der Waals surface area contributed by atoms with Gasteiger partial charge in [-0.2, -0.15) is 0 Å². The first-order chi connectivity index (χ1) is 13.9. The smallest absolute Gasteiger partial charge is 0.268 e. The number of carbonyl (C=O) groups excluding carboxylic acids is 2. The van der Waals surface area contributed by atoms with Gasteiger partial charge in [0.1, 0.15) is 17.3 Å². The maximum atomic E-state index is 13.1. The number of rotatable bonds is 6. The predicted molar refractivity (Wildman–Crippen MR) is 108 cm³/mol. The van der Waals surface area contributed by atoms with Gasteiger partial charge in [-0.3, -0.25) is 9.59 Å². The second-order valence-corrected chi connectivity index (χ2v) is 6.59. The number of furan rings is 1. The standard InChI is InChI=1S/C23H21FN2O3/c1-15-6-3-4-8-20(15)22(27)26-21(14-19-7-5-13-29-19)23(28)25-16(2)17-9-11-18(24)12-10-17/h3-14,16H,1-2H3,(H,25,28)(H,26,27)/b21-14-. The summed E-state index contributed by atoms with van der Waals surface area (Å²) in [7, 11) is 0. The van der Waals surface area contributed by atoms with E-state index in [4.69, 9.17) is 4.42 Å². The number of nitrogens with one attached hydrogen (secondary N) is 2. The molecule has 0 bridgehead atoms. The lowest BCUT2D eigenvalue weighted by molar-refractivity contribution is -0.118. The molecular formula is C23H21FN2O3. The number of aryl methyl sites for hydroxylation is 1. The molecule has 0 spiro atoms. The van der Waals surface area contributed by atoms with Gasteiger partial charge in [0, 0.05) is 11.6 Å². The first-order valence-electron chi connectivity index (χ1n) is 9.12. The third kappa shape index (κ3) is 5.19. The molecule has 3 aromatic rings. The number of carbonyl (C=O) groups is 2. The van der Waals surface area contributed by atoms with Gasteiger partial charge in [0.05, 0.1) is 12.3 Å². The highest BCUT2D eigenvalue weighted by Gasteiger charge is 2.18. The molecule has 0 fully saturated rings. The Morgan fingerprint density at radius 2 is 1.76 bits per heavy atom. The van der Waals surface area contributed by atoms with Crippen molar-refractivity contribution in [3.8, 4) is 0 Å². The Labute approximate surface area is 168 Å². The zero-order valence-electron chi connectivity index (χ0n) is 16.1. The average molecular weight is 392 g/mol. The molecule has 0 saturated heterocycles. The first-order valence-corrected chi connectivity index (χ1v) is 9.12. The highest BCUT2D eigenvalue weighted by molar-refractivity contribution is 6.05. The summed E-state index contributed by atoms with van der Waals surface area (Å²) < 4.78 is 18.4. The number of hydrogen-bond acceptors (Lipinski definition) is 3. The summed E-state index contributed by atoms with van der Waals surface area (Å²) in [5, 5.41) is 5.48. The van der Waals surface area contributed by atoms with E-state index in [1.807, 2.05) is 19.1 Å². The van der Waals surface area contributed by atoms with Crippen molar-refractivity contribution in [3.05, 3.63) is 101 Å². The molecule has 0 aliphatic rings. The monoisotopic (exact) mass is 392 g/mol. The summed E-state index contributed by atoms with van der Waals surface area (Å²) in [6.07, 6.45) is 2.94. The van der Waals surface area contributed by atoms with Crippen molar-refractivity contribution in [2.75, 3.05) is 0 Å². The molecule has 1 aromatic heterocycles. The van der Waals surface area contributed by atoms with Crippen LogP contribution in [0, 0.1) is 12.7 Å². The quantitative estimate of drug-likeness (QED) is 0.612. The third-order valence-corrected chi connectivity index (χ3v) is 4.43. The van der Waals surface area contributed by atoms with Gasteiger partial charge in [-0.1, -0.05) is 30.3 Å². The molecule has 1 heterocycles. The van der Waals surface area contributed by atoms with Crippen molar-refractivity contribution in [1.82, 2.24) is 10.6 Å². The van der Waals surface area contributed by atoms with Gasteiger partial charge < -0.3 is 15.1 Å². The van der Waals surface area contributed by atoms with Gasteiger partial charge in [0.15, 0.2) is 0 Å². The van der Waals surface area contributed by atoms with Crippen molar-refractivity contribution >= 4 is 17.9 Å². The van der Waals surface area contributed by atoms with Gasteiger partial charge in [-0.15, -0.1) is 0 Å². The second-order valence-electron chi connectivity index (χ2n) is 6.59. The van der Waals surface area contributed by atoms with E-state index in [-0.39, 0.29) is 11.5 Å². The van der Waals surface area contributed by atoms with Gasteiger partial charge in [0.2, 0.25) is 0 Å². The summed E-state index contributed by atoms with van der Waals surface area (Å²) in [5.41, 5.74) is 2.05. The fraction of sp³-hybridized carbons (Fsp3) is 0.130. The fourth-order valence-corrected chi connectivity index (χ4v) is 2.80. The molecule has 1 unspecified atom stereocenters. The first kappa shape index (κ1) is 20.1. The molecule has 2 aromatic carbocycles. The van der Waals surface area contributed by atoms with Crippen LogP contribution in [-0.2, 0) is 4.79 Å². The molecule has 0 aliphatic carbocycles. The van der Waals surface area contributed by atoms with Crippen LogP contribution >= 0.6 is 0 Å². The van der Waals surface area contributed by atoms with E-state index in [1.165, 1.54) is 24.5 Å². The van der Waals surface area contributed by atoms with E-state index < -0.39 is 17.9 Å². The minimum atomic E-state index is -0.486. The molecule has 6 heteroatoms. The zero-order chi connectivity index (χ0) is 20.8. The number of benzene rings is 2. The molecule has 1 atom stereocenters. The Balaban J connectivity index is 1.81. The van der Waals surface area contributed by atoms with Gasteiger partial charge >= 0.3 is 0 Å². The predicted octanol–water partition coefficient (Wildman–Crippen LogP) is 4.38. The molecular weight excluding hydrogens is 371 g/mol. The van der Waals surface area contributed by atoms with Crippen LogP contribution in [0.15, 0.2) is 77.0 Å². The van der Waals surface area contributed by atoms with Gasteiger partial charge in [-0.05, 0) is 55.3 Å². The van der Waals surface area contributed by atoms with E-state index in [1.54, 1.807) is 43.3 Å². The van der Waals surface area contributed by atoms with Crippen LogP contribution in [0.2, 0.25) is 0 Å². The summed E-state index contributed by atoms with van der Waals surface area (Å²) >= 11 is 0. The second kappa shape index (κ2) is 9.01. The lowest BCUT2D eigenvalue weighted by Gasteiger charge is -2.17. The van der Waals surface area contributed by atoms with Crippen LogP contribution < -0.4 is 10.6 Å². The van der Waals surface area contributed by atoms with Crippen LogP contribution in [0.5, 0.6) is 0 Å². The Morgan fingerprint density at radius 1 is 1.03 bits per heavy atom. The summed E-state index contributed by atoms with van der Waals surface area (Å²) in [6, 6.07) is 15.9. The molecule has 2 N–H and O–H groups in total. The molecule has 0 radical (unpaired) electrons. The van der Waals surface area contributed by atoms with E-state index in [2.05, 4.69) is 10.6 Å². The lowest BCUT2D eigenvalue weighted by atomic mass is 10.1. The Hall–Kier alpha value is -3.67. The van der Waals surface area contributed by atoms with Gasteiger partial charge in [0.25, 0.3) is 11.8 Å². The summed E-state index contributed by atoms with van der Waals surface area (Å²) in [4.78, 5) is 25.6. The molecule has 29 heavy (non-hydrogen) atoms.